The van der Waals surface area contributed by atoms with Crippen molar-refractivity contribution in [3.63, 3.8) is 0 Å². The number of hydrogen-bond acceptors (Lipinski definition) is 1. The van der Waals surface area contributed by atoms with Crippen LogP contribution in [0.3, 0.4) is 0 Å². The van der Waals surface area contributed by atoms with Gasteiger partial charge in [-0.15, -0.1) is 0 Å². The highest BCUT2D eigenvalue weighted by atomic mass is 28.3. The second kappa shape index (κ2) is 9.98. The van der Waals surface area contributed by atoms with E-state index < -0.39 is 8.07 Å². The van der Waals surface area contributed by atoms with Gasteiger partial charge in [-0.05, 0) is 19.3 Å². The summed E-state index contributed by atoms with van der Waals surface area (Å²) in [7, 11) is -0.851. The van der Waals surface area contributed by atoms with Crippen LogP contribution >= 0.6 is 0 Å². The molecule has 0 amide bonds. The molecule has 0 radical (unpaired) electrons. The van der Waals surface area contributed by atoms with Crippen LogP contribution in [0.5, 0.6) is 0 Å². The molecule has 0 aliphatic carbocycles. The lowest BCUT2D eigenvalue weighted by Crippen LogP contribution is -2.39. The van der Waals surface area contributed by atoms with Crippen LogP contribution in [0.2, 0.25) is 25.7 Å². The molecule has 0 aliphatic heterocycles. The first-order valence-corrected chi connectivity index (χ1v) is 12.3. The minimum Gasteiger partial charge on any atom is -0.325 e. The molecule has 0 saturated carbocycles. The SMILES string of the molecule is CCCCCC(N)(CCCC)CCCC[Si](C)(C)C. The zero-order valence-electron chi connectivity index (χ0n) is 14.4. The Morgan fingerprint density at radius 3 is 1.68 bits per heavy atom. The predicted molar refractivity (Wildman–Crippen MR) is 92.6 cm³/mol. The van der Waals surface area contributed by atoms with Crippen molar-refractivity contribution in [1.29, 1.82) is 0 Å². The Labute approximate surface area is 123 Å². The number of unbranched alkanes of at least 4 members (excludes halogenated alkanes) is 4. The van der Waals surface area contributed by atoms with Gasteiger partial charge < -0.3 is 5.73 Å². The second-order valence-corrected chi connectivity index (χ2v) is 13.3. The third-order valence-corrected chi connectivity index (χ3v) is 6.01. The van der Waals surface area contributed by atoms with Gasteiger partial charge in [-0.3, -0.25) is 0 Å². The van der Waals surface area contributed by atoms with E-state index in [0.717, 1.165) is 0 Å². The van der Waals surface area contributed by atoms with E-state index in [1.165, 1.54) is 70.3 Å². The predicted octanol–water partition coefficient (Wildman–Crippen LogP) is 5.96. The molecular weight excluding hydrogens is 246 g/mol. The molecule has 116 valence electrons. The first-order chi connectivity index (χ1) is 8.83. The average molecular weight is 286 g/mol. The minimum atomic E-state index is -0.851. The molecule has 0 aliphatic rings. The Morgan fingerprint density at radius 2 is 1.21 bits per heavy atom. The third kappa shape index (κ3) is 11.7. The molecular formula is C17H39NSi. The van der Waals surface area contributed by atoms with Gasteiger partial charge in [0.2, 0.25) is 0 Å². The molecule has 0 aromatic carbocycles. The molecule has 0 saturated heterocycles. The van der Waals surface area contributed by atoms with Crippen molar-refractivity contribution < 1.29 is 0 Å². The van der Waals surface area contributed by atoms with Gasteiger partial charge in [0.1, 0.15) is 0 Å². The molecule has 0 spiro atoms. The van der Waals surface area contributed by atoms with Crippen LogP contribution in [-0.2, 0) is 0 Å². The van der Waals surface area contributed by atoms with Gasteiger partial charge in [0.25, 0.3) is 0 Å². The fourth-order valence-electron chi connectivity index (χ4n) is 2.76. The van der Waals surface area contributed by atoms with Crippen molar-refractivity contribution in [1.82, 2.24) is 0 Å². The summed E-state index contributed by atoms with van der Waals surface area (Å²) in [4.78, 5) is 0. The molecule has 0 aromatic heterocycles. The Hall–Kier alpha value is 0.177. The standard InChI is InChI=1S/C17H39NSi/c1-6-8-10-14-17(18,13-9-7-2)15-11-12-16-19(3,4)5/h6-16,18H2,1-5H3. The highest BCUT2D eigenvalue weighted by molar-refractivity contribution is 6.76. The molecule has 19 heavy (non-hydrogen) atoms. The van der Waals surface area contributed by atoms with Crippen molar-refractivity contribution >= 4 is 8.07 Å². The summed E-state index contributed by atoms with van der Waals surface area (Å²) in [5, 5.41) is 0. The topological polar surface area (TPSA) is 26.0 Å². The minimum absolute atomic E-state index is 0.143. The summed E-state index contributed by atoms with van der Waals surface area (Å²) in [6.07, 6.45) is 13.0. The molecule has 1 unspecified atom stereocenters. The lowest BCUT2D eigenvalue weighted by atomic mass is 9.83. The molecule has 0 heterocycles. The van der Waals surface area contributed by atoms with Gasteiger partial charge in [0.05, 0.1) is 0 Å². The maximum atomic E-state index is 6.69. The van der Waals surface area contributed by atoms with Crippen LogP contribution in [0, 0.1) is 0 Å². The van der Waals surface area contributed by atoms with E-state index in [1.807, 2.05) is 0 Å². The van der Waals surface area contributed by atoms with Crippen molar-refractivity contribution in [2.24, 2.45) is 5.73 Å². The summed E-state index contributed by atoms with van der Waals surface area (Å²) in [6.45, 7) is 12.0. The first-order valence-electron chi connectivity index (χ1n) is 8.62. The van der Waals surface area contributed by atoms with Gasteiger partial charge in [-0.2, -0.15) is 0 Å². The van der Waals surface area contributed by atoms with Crippen LogP contribution in [0.4, 0.5) is 0 Å². The summed E-state index contributed by atoms with van der Waals surface area (Å²) < 4.78 is 0. The van der Waals surface area contributed by atoms with Gasteiger partial charge >= 0.3 is 0 Å². The molecule has 0 fully saturated rings. The Kier molecular flexibility index (Phi) is 10.1. The van der Waals surface area contributed by atoms with Crippen LogP contribution in [0.25, 0.3) is 0 Å². The molecule has 2 heteroatoms. The maximum Gasteiger partial charge on any atom is 0.0442 e. The first kappa shape index (κ1) is 19.2. The molecule has 0 aromatic rings. The van der Waals surface area contributed by atoms with Gasteiger partial charge in [-0.25, -0.2) is 0 Å². The molecule has 1 atom stereocenters. The Morgan fingerprint density at radius 1 is 0.737 bits per heavy atom. The van der Waals surface area contributed by atoms with Gasteiger partial charge in [0, 0.05) is 13.6 Å². The van der Waals surface area contributed by atoms with Crippen molar-refractivity contribution in [2.75, 3.05) is 0 Å². The second-order valence-electron chi connectivity index (χ2n) is 7.69. The van der Waals surface area contributed by atoms with Crippen molar-refractivity contribution in [3.05, 3.63) is 0 Å². The van der Waals surface area contributed by atoms with E-state index in [1.54, 1.807) is 0 Å². The number of rotatable bonds is 12. The maximum absolute atomic E-state index is 6.69. The fourth-order valence-corrected chi connectivity index (χ4v) is 4.07. The van der Waals surface area contributed by atoms with E-state index in [4.69, 9.17) is 5.73 Å². The quantitative estimate of drug-likeness (QED) is 0.347. The number of hydrogen-bond donors (Lipinski definition) is 1. The summed E-state index contributed by atoms with van der Waals surface area (Å²) in [5.41, 5.74) is 6.83. The van der Waals surface area contributed by atoms with Crippen LogP contribution in [0.15, 0.2) is 0 Å². The van der Waals surface area contributed by atoms with Crippen molar-refractivity contribution in [2.45, 2.75) is 109 Å². The summed E-state index contributed by atoms with van der Waals surface area (Å²) >= 11 is 0. The monoisotopic (exact) mass is 285 g/mol. The van der Waals surface area contributed by atoms with Gasteiger partial charge in [-0.1, -0.05) is 84.5 Å². The zero-order chi connectivity index (χ0) is 14.8. The van der Waals surface area contributed by atoms with E-state index in [-0.39, 0.29) is 5.54 Å². The van der Waals surface area contributed by atoms with E-state index in [0.29, 0.717) is 0 Å². The smallest absolute Gasteiger partial charge is 0.0442 e. The van der Waals surface area contributed by atoms with Crippen molar-refractivity contribution in [3.8, 4) is 0 Å². The Bertz CT molecular complexity index is 210. The largest absolute Gasteiger partial charge is 0.325 e. The van der Waals surface area contributed by atoms with E-state index >= 15 is 0 Å². The highest BCUT2D eigenvalue weighted by Gasteiger charge is 2.23. The van der Waals surface area contributed by atoms with Gasteiger partial charge in [0.15, 0.2) is 0 Å². The van der Waals surface area contributed by atoms with Crippen LogP contribution in [0.1, 0.15) is 78.1 Å². The Balaban J connectivity index is 4.03. The van der Waals surface area contributed by atoms with Crippen LogP contribution in [-0.4, -0.2) is 13.6 Å². The van der Waals surface area contributed by atoms with E-state index in [2.05, 4.69) is 33.5 Å². The normalized spacial score (nSPS) is 15.5. The summed E-state index contributed by atoms with van der Waals surface area (Å²) in [5.74, 6) is 0. The zero-order valence-corrected chi connectivity index (χ0v) is 15.4. The average Bonchev–Trinajstić information content (AvgIpc) is 2.32. The summed E-state index contributed by atoms with van der Waals surface area (Å²) in [6, 6.07) is 1.46. The third-order valence-electron chi connectivity index (χ3n) is 4.16. The fraction of sp³-hybridized carbons (Fsp3) is 1.00. The number of nitrogens with two attached hydrogens (primary N) is 1. The molecule has 2 N–H and O–H groups in total. The molecule has 0 bridgehead atoms. The molecule has 1 nitrogen and oxygen atoms in total. The lowest BCUT2D eigenvalue weighted by Gasteiger charge is -2.30. The van der Waals surface area contributed by atoms with E-state index in [9.17, 15) is 0 Å². The lowest BCUT2D eigenvalue weighted by molar-refractivity contribution is 0.310. The van der Waals surface area contributed by atoms with Crippen LogP contribution < -0.4 is 5.73 Å². The highest BCUT2D eigenvalue weighted by Crippen LogP contribution is 2.26. The molecule has 0 rings (SSSR count).